The molecule has 0 saturated carbocycles. The molecule has 0 fully saturated rings. The Labute approximate surface area is 114 Å². The Balaban J connectivity index is 3.02. The summed E-state index contributed by atoms with van der Waals surface area (Å²) in [7, 11) is 0. The first-order valence-electron chi connectivity index (χ1n) is 4.66. The van der Waals surface area contributed by atoms with Crippen LogP contribution in [0.25, 0.3) is 10.8 Å². The Hall–Kier alpha value is -0.140. The van der Waals surface area contributed by atoms with Crippen molar-refractivity contribution in [3.63, 3.8) is 0 Å². The average Bonchev–Trinajstić information content (AvgIpc) is 2.26. The predicted molar refractivity (Wildman–Crippen MR) is 73.5 cm³/mol. The van der Waals surface area contributed by atoms with Crippen molar-refractivity contribution in [3.8, 4) is 0 Å². The summed E-state index contributed by atoms with van der Waals surface area (Å²) in [5, 5.41) is 4.17. The number of halogens is 4. The zero-order valence-corrected chi connectivity index (χ0v) is 11.7. The van der Waals surface area contributed by atoms with E-state index in [4.69, 9.17) is 46.4 Å². The molecule has 0 N–H and O–H groups in total. The van der Waals surface area contributed by atoms with Crippen LogP contribution in [0.4, 0.5) is 0 Å². The normalized spacial score (nSPS) is 11.1. The molecule has 0 unspecified atom stereocenters. The number of fused-ring (bicyclic) bond motifs is 1. The molecule has 0 nitrogen and oxygen atoms in total. The van der Waals surface area contributed by atoms with E-state index in [9.17, 15) is 0 Å². The molecule has 0 aliphatic rings. The standard InChI is InChI=1S/C12H8Cl4/c1-5-7-3-9(13)10(14)4-8(7)6(2)12(16)11(5)15/h3-4H,1-2H3. The van der Waals surface area contributed by atoms with Crippen molar-refractivity contribution < 1.29 is 0 Å². The maximum atomic E-state index is 6.15. The Morgan fingerprint density at radius 2 is 1.00 bits per heavy atom. The first-order chi connectivity index (χ1) is 7.43. The molecule has 16 heavy (non-hydrogen) atoms. The van der Waals surface area contributed by atoms with Crippen molar-refractivity contribution in [1.29, 1.82) is 0 Å². The van der Waals surface area contributed by atoms with Crippen molar-refractivity contribution in [3.05, 3.63) is 43.4 Å². The van der Waals surface area contributed by atoms with Crippen molar-refractivity contribution in [1.82, 2.24) is 0 Å². The molecule has 0 atom stereocenters. The maximum Gasteiger partial charge on any atom is 0.0630 e. The molecule has 84 valence electrons. The van der Waals surface area contributed by atoms with Crippen LogP contribution in [0.3, 0.4) is 0 Å². The van der Waals surface area contributed by atoms with Gasteiger partial charge in [-0.3, -0.25) is 0 Å². The largest absolute Gasteiger partial charge is 0.0827 e. The first kappa shape index (κ1) is 12.3. The third-order valence-electron chi connectivity index (χ3n) is 2.72. The zero-order valence-electron chi connectivity index (χ0n) is 8.67. The summed E-state index contributed by atoms with van der Waals surface area (Å²) in [6, 6.07) is 3.65. The molecule has 0 bridgehead atoms. The van der Waals surface area contributed by atoms with Crippen LogP contribution in [0.2, 0.25) is 20.1 Å². The van der Waals surface area contributed by atoms with Gasteiger partial charge < -0.3 is 0 Å². The molecule has 0 heterocycles. The molecule has 0 saturated heterocycles. The summed E-state index contributed by atoms with van der Waals surface area (Å²) in [6.07, 6.45) is 0. The van der Waals surface area contributed by atoms with Crippen LogP contribution in [0, 0.1) is 13.8 Å². The summed E-state index contributed by atoms with van der Waals surface area (Å²) in [4.78, 5) is 0. The lowest BCUT2D eigenvalue weighted by Gasteiger charge is -2.12. The molecular formula is C12H8Cl4. The summed E-state index contributed by atoms with van der Waals surface area (Å²) in [6.45, 7) is 3.83. The van der Waals surface area contributed by atoms with E-state index < -0.39 is 0 Å². The highest BCUT2D eigenvalue weighted by Gasteiger charge is 2.13. The summed E-state index contributed by atoms with van der Waals surface area (Å²) in [5.41, 5.74) is 1.84. The molecule has 4 heteroatoms. The van der Waals surface area contributed by atoms with E-state index in [0.29, 0.717) is 20.1 Å². The van der Waals surface area contributed by atoms with Crippen LogP contribution < -0.4 is 0 Å². The highest BCUT2D eigenvalue weighted by atomic mass is 35.5. The van der Waals surface area contributed by atoms with Crippen molar-refractivity contribution in [2.45, 2.75) is 13.8 Å². The van der Waals surface area contributed by atoms with E-state index in [1.54, 1.807) is 0 Å². The van der Waals surface area contributed by atoms with Crippen molar-refractivity contribution in [2.24, 2.45) is 0 Å². The van der Waals surface area contributed by atoms with Crippen LogP contribution in [0.1, 0.15) is 11.1 Å². The van der Waals surface area contributed by atoms with Gasteiger partial charge in [0.05, 0.1) is 20.1 Å². The van der Waals surface area contributed by atoms with E-state index in [0.717, 1.165) is 21.9 Å². The molecule has 0 aromatic heterocycles. The van der Waals surface area contributed by atoms with Crippen LogP contribution in [-0.4, -0.2) is 0 Å². The highest BCUT2D eigenvalue weighted by Crippen LogP contribution is 2.39. The zero-order chi connectivity index (χ0) is 12.0. The van der Waals surface area contributed by atoms with E-state index in [1.807, 2.05) is 26.0 Å². The number of benzene rings is 2. The lowest BCUT2D eigenvalue weighted by Crippen LogP contribution is -1.88. The van der Waals surface area contributed by atoms with Gasteiger partial charge in [-0.1, -0.05) is 46.4 Å². The van der Waals surface area contributed by atoms with Gasteiger partial charge in [-0.05, 0) is 47.9 Å². The lowest BCUT2D eigenvalue weighted by molar-refractivity contribution is 1.46. The van der Waals surface area contributed by atoms with Crippen LogP contribution >= 0.6 is 46.4 Å². The molecule has 2 aromatic carbocycles. The highest BCUT2D eigenvalue weighted by molar-refractivity contribution is 6.45. The van der Waals surface area contributed by atoms with E-state index in [-0.39, 0.29) is 0 Å². The summed E-state index contributed by atoms with van der Waals surface area (Å²) >= 11 is 24.3. The van der Waals surface area contributed by atoms with Crippen LogP contribution in [0.5, 0.6) is 0 Å². The van der Waals surface area contributed by atoms with Gasteiger partial charge >= 0.3 is 0 Å². The Bertz CT molecular complexity index is 535. The van der Waals surface area contributed by atoms with Gasteiger partial charge in [0.15, 0.2) is 0 Å². The smallest absolute Gasteiger partial charge is 0.0630 e. The van der Waals surface area contributed by atoms with Crippen molar-refractivity contribution in [2.75, 3.05) is 0 Å². The fraction of sp³-hybridized carbons (Fsp3) is 0.167. The van der Waals surface area contributed by atoms with E-state index in [2.05, 4.69) is 0 Å². The maximum absolute atomic E-state index is 6.15. The molecule has 2 aromatic rings. The molecule has 0 radical (unpaired) electrons. The second-order valence-electron chi connectivity index (χ2n) is 3.69. The van der Waals surface area contributed by atoms with Gasteiger partial charge in [0.2, 0.25) is 0 Å². The Morgan fingerprint density at radius 1 is 0.688 bits per heavy atom. The SMILES string of the molecule is Cc1c(Cl)c(Cl)c(C)c2cc(Cl)c(Cl)cc12. The third kappa shape index (κ3) is 1.78. The molecule has 0 aliphatic heterocycles. The average molecular weight is 294 g/mol. The number of aryl methyl sites for hydroxylation is 2. The van der Waals surface area contributed by atoms with Gasteiger partial charge in [-0.15, -0.1) is 0 Å². The number of hydrogen-bond acceptors (Lipinski definition) is 0. The van der Waals surface area contributed by atoms with Crippen LogP contribution in [0.15, 0.2) is 12.1 Å². The van der Waals surface area contributed by atoms with E-state index >= 15 is 0 Å². The van der Waals surface area contributed by atoms with Gasteiger partial charge in [0.1, 0.15) is 0 Å². The summed E-state index contributed by atoms with van der Waals surface area (Å²) in [5.74, 6) is 0. The van der Waals surface area contributed by atoms with Crippen molar-refractivity contribution >= 4 is 57.2 Å². The van der Waals surface area contributed by atoms with Gasteiger partial charge in [0, 0.05) is 0 Å². The molecular weight excluding hydrogens is 286 g/mol. The monoisotopic (exact) mass is 292 g/mol. The third-order valence-corrected chi connectivity index (χ3v) is 4.48. The second kappa shape index (κ2) is 4.27. The van der Waals surface area contributed by atoms with Gasteiger partial charge in [-0.2, -0.15) is 0 Å². The van der Waals surface area contributed by atoms with Crippen LogP contribution in [-0.2, 0) is 0 Å². The van der Waals surface area contributed by atoms with E-state index in [1.165, 1.54) is 0 Å². The predicted octanol–water partition coefficient (Wildman–Crippen LogP) is 6.07. The summed E-state index contributed by atoms with van der Waals surface area (Å²) < 4.78 is 0. The molecule has 0 aliphatic carbocycles. The fourth-order valence-corrected chi connectivity index (χ4v) is 2.55. The minimum Gasteiger partial charge on any atom is -0.0827 e. The topological polar surface area (TPSA) is 0 Å². The Kier molecular flexibility index (Phi) is 3.29. The second-order valence-corrected chi connectivity index (χ2v) is 5.26. The molecule has 2 rings (SSSR count). The first-order valence-corrected chi connectivity index (χ1v) is 6.17. The minimum absolute atomic E-state index is 0.523. The fourth-order valence-electron chi connectivity index (χ4n) is 1.73. The minimum atomic E-state index is 0.523. The quantitative estimate of drug-likeness (QED) is 0.553. The van der Waals surface area contributed by atoms with Gasteiger partial charge in [0.25, 0.3) is 0 Å². The number of hydrogen-bond donors (Lipinski definition) is 0. The lowest BCUT2D eigenvalue weighted by atomic mass is 10.0. The molecule has 0 amide bonds. The Morgan fingerprint density at radius 3 is 1.31 bits per heavy atom. The van der Waals surface area contributed by atoms with Gasteiger partial charge in [-0.25, -0.2) is 0 Å². The number of rotatable bonds is 0. The molecule has 0 spiro atoms.